The van der Waals surface area contributed by atoms with Crippen LogP contribution in [-0.2, 0) is 11.0 Å². The van der Waals surface area contributed by atoms with Crippen LogP contribution in [0.1, 0.15) is 25.3 Å². The van der Waals surface area contributed by atoms with Gasteiger partial charge in [0.05, 0.1) is 0 Å². The lowest BCUT2D eigenvalue weighted by molar-refractivity contribution is 0.283. The maximum absolute atomic E-state index is 11.6. The molecule has 3 aromatic carbocycles. The molecule has 0 saturated heterocycles. The average Bonchev–Trinajstić information content (AvgIpc) is 2.67. The van der Waals surface area contributed by atoms with E-state index in [1.54, 1.807) is 6.07 Å². The topological polar surface area (TPSA) is 66.8 Å². The van der Waals surface area contributed by atoms with Crippen LogP contribution >= 0.6 is 7.82 Å². The molecule has 0 aliphatic heterocycles. The summed E-state index contributed by atoms with van der Waals surface area (Å²) in [5, 5.41) is 0. The van der Waals surface area contributed by atoms with Gasteiger partial charge in [0.1, 0.15) is 5.75 Å². The summed E-state index contributed by atoms with van der Waals surface area (Å²) in [5.74, 6) is 0.189. The van der Waals surface area contributed by atoms with Crippen molar-refractivity contribution in [1.82, 2.24) is 0 Å². The Morgan fingerprint density at radius 3 is 1.89 bits per heavy atom. The summed E-state index contributed by atoms with van der Waals surface area (Å²) in [4.78, 5) is 18.8. The summed E-state index contributed by atoms with van der Waals surface area (Å²) < 4.78 is 16.6. The van der Waals surface area contributed by atoms with E-state index in [-0.39, 0.29) is 5.75 Å². The van der Waals surface area contributed by atoms with Gasteiger partial charge in [-0.2, -0.15) is 0 Å². The molecular weight excluding hydrogens is 359 g/mol. The summed E-state index contributed by atoms with van der Waals surface area (Å²) in [5.41, 5.74) is 4.66. The van der Waals surface area contributed by atoms with Crippen LogP contribution in [-0.4, -0.2) is 9.79 Å². The van der Waals surface area contributed by atoms with Gasteiger partial charge in [0.15, 0.2) is 0 Å². The second-order valence-corrected chi connectivity index (χ2v) is 7.55. The lowest BCUT2D eigenvalue weighted by Crippen LogP contribution is -1.99. The van der Waals surface area contributed by atoms with Crippen LogP contribution in [0.2, 0.25) is 0 Å². The SMILES string of the molecule is CCCCc1ccc(OP(=O)(O)O)c(-c2ccccc2)c1-c1ccccc1. The molecule has 5 heteroatoms. The van der Waals surface area contributed by atoms with E-state index in [4.69, 9.17) is 4.52 Å². The monoisotopic (exact) mass is 382 g/mol. The lowest BCUT2D eigenvalue weighted by atomic mass is 9.88. The molecule has 0 radical (unpaired) electrons. The molecule has 0 aromatic heterocycles. The van der Waals surface area contributed by atoms with Gasteiger partial charge < -0.3 is 4.52 Å². The Morgan fingerprint density at radius 2 is 1.37 bits per heavy atom. The Bertz CT molecular complexity index is 933. The van der Waals surface area contributed by atoms with Gasteiger partial charge in [-0.3, -0.25) is 9.79 Å². The van der Waals surface area contributed by atoms with Gasteiger partial charge in [-0.1, -0.05) is 80.1 Å². The fourth-order valence-corrected chi connectivity index (χ4v) is 3.64. The Kier molecular flexibility index (Phi) is 6.12. The second-order valence-electron chi connectivity index (χ2n) is 6.39. The molecule has 4 nitrogen and oxygen atoms in total. The van der Waals surface area contributed by atoms with Crippen molar-refractivity contribution < 1.29 is 18.9 Å². The summed E-state index contributed by atoms with van der Waals surface area (Å²) >= 11 is 0. The van der Waals surface area contributed by atoms with Crippen LogP contribution in [0.4, 0.5) is 0 Å². The van der Waals surface area contributed by atoms with E-state index in [1.807, 2.05) is 66.7 Å². The largest absolute Gasteiger partial charge is 0.524 e. The zero-order valence-electron chi connectivity index (χ0n) is 15.2. The van der Waals surface area contributed by atoms with Gasteiger partial charge in [0.25, 0.3) is 0 Å². The fourth-order valence-electron chi connectivity index (χ4n) is 3.23. The summed E-state index contributed by atoms with van der Waals surface area (Å²) in [6.07, 6.45) is 2.99. The smallest absolute Gasteiger partial charge is 0.404 e. The molecule has 0 aliphatic rings. The summed E-state index contributed by atoms with van der Waals surface area (Å²) in [6.45, 7) is 2.14. The zero-order valence-corrected chi connectivity index (χ0v) is 16.1. The third-order valence-corrected chi connectivity index (χ3v) is 4.83. The molecule has 3 aromatic rings. The predicted octanol–water partition coefficient (Wildman–Crippen LogP) is 5.83. The number of phosphoric ester groups is 1. The minimum absolute atomic E-state index is 0.189. The quantitative estimate of drug-likeness (QED) is 0.504. The normalized spacial score (nSPS) is 11.4. The van der Waals surface area contributed by atoms with E-state index in [9.17, 15) is 14.4 Å². The van der Waals surface area contributed by atoms with Crippen LogP contribution in [0.15, 0.2) is 72.8 Å². The zero-order chi connectivity index (χ0) is 19.3. The first-order valence-electron chi connectivity index (χ1n) is 9.01. The van der Waals surface area contributed by atoms with E-state index in [1.165, 1.54) is 0 Å². The van der Waals surface area contributed by atoms with Gasteiger partial charge in [-0.15, -0.1) is 0 Å². The molecule has 0 saturated carbocycles. The van der Waals surface area contributed by atoms with Crippen LogP contribution < -0.4 is 4.52 Å². The number of hydrogen-bond donors (Lipinski definition) is 2. The molecular formula is C22H23O4P. The highest BCUT2D eigenvalue weighted by molar-refractivity contribution is 7.46. The molecule has 0 unspecified atom stereocenters. The number of hydrogen-bond acceptors (Lipinski definition) is 2. The molecule has 0 spiro atoms. The van der Waals surface area contributed by atoms with Crippen LogP contribution in [0.25, 0.3) is 22.3 Å². The molecule has 0 heterocycles. The van der Waals surface area contributed by atoms with Gasteiger partial charge in [-0.25, -0.2) is 4.57 Å². The molecule has 0 aliphatic carbocycles. The van der Waals surface area contributed by atoms with Gasteiger partial charge in [0.2, 0.25) is 0 Å². The predicted molar refractivity (Wildman–Crippen MR) is 109 cm³/mol. The lowest BCUT2D eigenvalue weighted by Gasteiger charge is -2.20. The molecule has 0 fully saturated rings. The van der Waals surface area contributed by atoms with Crippen molar-refractivity contribution in [3.05, 3.63) is 78.4 Å². The number of rotatable bonds is 7. The Balaban J connectivity index is 2.30. The van der Waals surface area contributed by atoms with Crippen molar-refractivity contribution >= 4 is 7.82 Å². The summed E-state index contributed by atoms with van der Waals surface area (Å²) in [6, 6.07) is 23.1. The molecule has 27 heavy (non-hydrogen) atoms. The summed E-state index contributed by atoms with van der Waals surface area (Å²) in [7, 11) is -4.68. The van der Waals surface area contributed by atoms with Crippen molar-refractivity contribution in [2.24, 2.45) is 0 Å². The molecule has 0 amide bonds. The van der Waals surface area contributed by atoms with E-state index in [0.717, 1.165) is 41.5 Å². The third kappa shape index (κ3) is 4.86. The van der Waals surface area contributed by atoms with E-state index >= 15 is 0 Å². The first-order valence-corrected chi connectivity index (χ1v) is 10.5. The van der Waals surface area contributed by atoms with E-state index in [0.29, 0.717) is 5.56 Å². The third-order valence-electron chi connectivity index (χ3n) is 4.40. The van der Waals surface area contributed by atoms with Gasteiger partial charge in [0, 0.05) is 5.56 Å². The molecule has 0 bridgehead atoms. The van der Waals surface area contributed by atoms with Gasteiger partial charge in [-0.05, 0) is 41.2 Å². The van der Waals surface area contributed by atoms with E-state index in [2.05, 4.69) is 6.92 Å². The highest BCUT2D eigenvalue weighted by Gasteiger charge is 2.23. The maximum atomic E-state index is 11.6. The van der Waals surface area contributed by atoms with Gasteiger partial charge >= 0.3 is 7.82 Å². The van der Waals surface area contributed by atoms with Crippen LogP contribution in [0, 0.1) is 0 Å². The fraction of sp³-hybridized carbons (Fsp3) is 0.182. The Labute approximate surface area is 159 Å². The number of aryl methyl sites for hydroxylation is 1. The van der Waals surface area contributed by atoms with E-state index < -0.39 is 7.82 Å². The number of benzene rings is 3. The van der Waals surface area contributed by atoms with Crippen molar-refractivity contribution in [3.8, 4) is 28.0 Å². The first-order chi connectivity index (χ1) is 13.0. The molecule has 2 N–H and O–H groups in total. The molecule has 0 atom stereocenters. The molecule has 140 valence electrons. The standard InChI is InChI=1S/C22H23O4P/c1-2-3-10-19-15-16-20(26-27(23,24)25)22(18-13-8-5-9-14-18)21(19)17-11-6-4-7-12-17/h4-9,11-16H,2-3,10H2,1H3,(H2,23,24,25). The average molecular weight is 382 g/mol. The van der Waals surface area contributed by atoms with Crippen molar-refractivity contribution in [3.63, 3.8) is 0 Å². The number of phosphoric acid groups is 1. The van der Waals surface area contributed by atoms with Crippen LogP contribution in [0.5, 0.6) is 5.75 Å². The Morgan fingerprint density at radius 1 is 0.815 bits per heavy atom. The van der Waals surface area contributed by atoms with Crippen molar-refractivity contribution in [1.29, 1.82) is 0 Å². The molecule has 3 rings (SSSR count). The van der Waals surface area contributed by atoms with Crippen molar-refractivity contribution in [2.75, 3.05) is 0 Å². The maximum Gasteiger partial charge on any atom is 0.524 e. The Hall–Kier alpha value is -2.39. The minimum Gasteiger partial charge on any atom is -0.404 e. The first kappa shape index (κ1) is 19.4. The minimum atomic E-state index is -4.68. The second kappa shape index (κ2) is 8.53. The highest BCUT2D eigenvalue weighted by Crippen LogP contribution is 2.47. The highest BCUT2D eigenvalue weighted by atomic mass is 31.2. The number of unbranched alkanes of at least 4 members (excludes halogenated alkanes) is 1. The van der Waals surface area contributed by atoms with Crippen molar-refractivity contribution in [2.45, 2.75) is 26.2 Å². The van der Waals surface area contributed by atoms with Crippen LogP contribution in [0.3, 0.4) is 0 Å².